The first kappa shape index (κ1) is 20.1. The average molecular weight is 427 g/mol. The number of hydrogen-bond donors (Lipinski definition) is 0. The van der Waals surface area contributed by atoms with E-state index in [1.54, 1.807) is 13.1 Å². The second-order valence-corrected chi connectivity index (χ2v) is 9.26. The van der Waals surface area contributed by atoms with Crippen molar-refractivity contribution in [3.05, 3.63) is 63.6 Å². The van der Waals surface area contributed by atoms with Crippen LogP contribution < -0.4 is 0 Å². The van der Waals surface area contributed by atoms with Gasteiger partial charge in [0.15, 0.2) is 0 Å². The fourth-order valence-electron chi connectivity index (χ4n) is 3.07. The van der Waals surface area contributed by atoms with Crippen molar-refractivity contribution in [2.24, 2.45) is 0 Å². The van der Waals surface area contributed by atoms with E-state index in [1.165, 1.54) is 27.4 Å². The van der Waals surface area contributed by atoms with E-state index in [0.29, 0.717) is 18.1 Å². The van der Waals surface area contributed by atoms with E-state index < -0.39 is 10.0 Å². The van der Waals surface area contributed by atoms with Crippen molar-refractivity contribution in [2.75, 3.05) is 20.1 Å². The zero-order valence-corrected chi connectivity index (χ0v) is 17.2. The van der Waals surface area contributed by atoms with Crippen molar-refractivity contribution in [3.8, 4) is 0 Å². The Kier molecular flexibility index (Phi) is 6.11. The summed E-state index contributed by atoms with van der Waals surface area (Å²) in [7, 11) is -1.99. The number of carbonyl (C=O) groups excluding carboxylic acids is 1. The largest absolute Gasteiger partial charge is 0.337 e. The first-order valence-electron chi connectivity index (χ1n) is 8.59. The highest BCUT2D eigenvalue weighted by Crippen LogP contribution is 2.26. The summed E-state index contributed by atoms with van der Waals surface area (Å²) in [5, 5.41) is 0.778. The van der Waals surface area contributed by atoms with Gasteiger partial charge in [-0.15, -0.1) is 0 Å². The van der Waals surface area contributed by atoms with E-state index >= 15 is 0 Å². The molecule has 1 aliphatic rings. The minimum absolute atomic E-state index is 0.0864. The van der Waals surface area contributed by atoms with E-state index in [0.717, 1.165) is 18.4 Å². The number of halogens is 2. The molecular weight excluding hydrogens is 407 g/mol. The van der Waals surface area contributed by atoms with Crippen LogP contribution in [0.4, 0.5) is 0 Å². The Bertz CT molecular complexity index is 957. The van der Waals surface area contributed by atoms with Crippen molar-refractivity contribution in [1.29, 1.82) is 0 Å². The van der Waals surface area contributed by atoms with Crippen LogP contribution in [-0.2, 0) is 16.6 Å². The maximum absolute atomic E-state index is 12.9. The van der Waals surface area contributed by atoms with Gasteiger partial charge in [0.25, 0.3) is 5.91 Å². The van der Waals surface area contributed by atoms with E-state index in [1.807, 2.05) is 18.2 Å². The van der Waals surface area contributed by atoms with Gasteiger partial charge >= 0.3 is 0 Å². The monoisotopic (exact) mass is 426 g/mol. The molecule has 8 heteroatoms. The van der Waals surface area contributed by atoms with Crippen LogP contribution in [0.1, 0.15) is 28.8 Å². The number of carbonyl (C=O) groups is 1. The van der Waals surface area contributed by atoms with Gasteiger partial charge in [-0.3, -0.25) is 4.79 Å². The van der Waals surface area contributed by atoms with Crippen LogP contribution in [0.3, 0.4) is 0 Å². The number of benzene rings is 2. The third-order valence-electron chi connectivity index (χ3n) is 4.58. The number of rotatable bonds is 5. The van der Waals surface area contributed by atoms with Gasteiger partial charge in [-0.05, 0) is 42.7 Å². The van der Waals surface area contributed by atoms with Gasteiger partial charge in [0.1, 0.15) is 0 Å². The molecule has 0 bridgehead atoms. The lowest BCUT2D eigenvalue weighted by Gasteiger charge is -2.20. The Balaban J connectivity index is 1.87. The summed E-state index contributed by atoms with van der Waals surface area (Å²) >= 11 is 12.4. The second kappa shape index (κ2) is 8.19. The third kappa shape index (κ3) is 4.29. The highest BCUT2D eigenvalue weighted by atomic mass is 35.5. The molecule has 0 atom stereocenters. The van der Waals surface area contributed by atoms with Gasteiger partial charge in [-0.25, -0.2) is 8.42 Å². The van der Waals surface area contributed by atoms with Crippen molar-refractivity contribution >= 4 is 39.1 Å². The predicted octanol–water partition coefficient (Wildman–Crippen LogP) is 4.05. The molecule has 5 nitrogen and oxygen atoms in total. The Morgan fingerprint density at radius 3 is 2.41 bits per heavy atom. The topological polar surface area (TPSA) is 57.7 Å². The SMILES string of the molecule is CN(Cc1ccccc1Cl)C(=O)c1cc(S(=O)(=O)N2CCCC2)ccc1Cl. The maximum atomic E-state index is 12.9. The smallest absolute Gasteiger partial charge is 0.255 e. The quantitative estimate of drug-likeness (QED) is 0.724. The molecule has 0 spiro atoms. The number of hydrogen-bond acceptors (Lipinski definition) is 3. The van der Waals surface area contributed by atoms with E-state index in [-0.39, 0.29) is 27.9 Å². The summed E-state index contributed by atoms with van der Waals surface area (Å²) < 4.78 is 27.0. The molecular formula is C19H20Cl2N2O3S. The first-order valence-corrected chi connectivity index (χ1v) is 10.8. The Morgan fingerprint density at radius 1 is 1.07 bits per heavy atom. The molecule has 0 saturated carbocycles. The van der Waals surface area contributed by atoms with Gasteiger partial charge in [-0.2, -0.15) is 4.31 Å². The van der Waals surface area contributed by atoms with Gasteiger partial charge in [0, 0.05) is 31.7 Å². The lowest BCUT2D eigenvalue weighted by atomic mass is 10.1. The summed E-state index contributed by atoms with van der Waals surface area (Å²) in [6, 6.07) is 11.5. The summed E-state index contributed by atoms with van der Waals surface area (Å²) in [5.74, 6) is -0.363. The molecule has 0 N–H and O–H groups in total. The number of sulfonamides is 1. The van der Waals surface area contributed by atoms with Crippen molar-refractivity contribution in [2.45, 2.75) is 24.3 Å². The van der Waals surface area contributed by atoms with Gasteiger partial charge in [-0.1, -0.05) is 41.4 Å². The molecule has 1 saturated heterocycles. The van der Waals surface area contributed by atoms with Gasteiger partial charge < -0.3 is 4.90 Å². The van der Waals surface area contributed by atoms with Gasteiger partial charge in [0.2, 0.25) is 10.0 Å². The molecule has 0 radical (unpaired) electrons. The minimum Gasteiger partial charge on any atom is -0.337 e. The van der Waals surface area contributed by atoms with Crippen LogP contribution in [-0.4, -0.2) is 43.7 Å². The number of amides is 1. The van der Waals surface area contributed by atoms with Gasteiger partial charge in [0.05, 0.1) is 15.5 Å². The second-order valence-electron chi connectivity index (χ2n) is 6.51. The normalized spacial score (nSPS) is 15.1. The Hall–Kier alpha value is -1.60. The van der Waals surface area contributed by atoms with Crippen LogP contribution in [0.2, 0.25) is 10.0 Å². The zero-order chi connectivity index (χ0) is 19.6. The number of nitrogens with zero attached hydrogens (tertiary/aromatic N) is 2. The molecule has 2 aromatic carbocycles. The summed E-state index contributed by atoms with van der Waals surface area (Å²) in [4.78, 5) is 14.4. The summed E-state index contributed by atoms with van der Waals surface area (Å²) in [6.45, 7) is 1.29. The molecule has 2 aromatic rings. The Labute approximate surface area is 169 Å². The first-order chi connectivity index (χ1) is 12.8. The predicted molar refractivity (Wildman–Crippen MR) is 107 cm³/mol. The molecule has 0 aromatic heterocycles. The van der Waals surface area contributed by atoms with E-state index in [9.17, 15) is 13.2 Å². The molecule has 0 unspecified atom stereocenters. The molecule has 3 rings (SSSR count). The molecule has 1 aliphatic heterocycles. The molecule has 1 fully saturated rings. The fourth-order valence-corrected chi connectivity index (χ4v) is 5.00. The maximum Gasteiger partial charge on any atom is 0.255 e. The summed E-state index contributed by atoms with van der Waals surface area (Å²) in [6.07, 6.45) is 1.69. The minimum atomic E-state index is -3.62. The highest BCUT2D eigenvalue weighted by Gasteiger charge is 2.28. The average Bonchev–Trinajstić information content (AvgIpc) is 3.19. The summed E-state index contributed by atoms with van der Waals surface area (Å²) in [5.41, 5.74) is 0.957. The lowest BCUT2D eigenvalue weighted by Crippen LogP contribution is -2.29. The molecule has 27 heavy (non-hydrogen) atoms. The van der Waals surface area contributed by atoms with Crippen LogP contribution >= 0.6 is 23.2 Å². The zero-order valence-electron chi connectivity index (χ0n) is 14.9. The van der Waals surface area contributed by atoms with Crippen LogP contribution in [0.15, 0.2) is 47.4 Å². The fraction of sp³-hybridized carbons (Fsp3) is 0.316. The highest BCUT2D eigenvalue weighted by molar-refractivity contribution is 7.89. The van der Waals surface area contributed by atoms with E-state index in [4.69, 9.17) is 23.2 Å². The third-order valence-corrected chi connectivity index (χ3v) is 7.18. The van der Waals surface area contributed by atoms with Crippen LogP contribution in [0, 0.1) is 0 Å². The van der Waals surface area contributed by atoms with Crippen molar-refractivity contribution in [1.82, 2.24) is 9.21 Å². The molecule has 1 amide bonds. The lowest BCUT2D eigenvalue weighted by molar-refractivity contribution is 0.0785. The molecule has 0 aliphatic carbocycles. The van der Waals surface area contributed by atoms with Crippen LogP contribution in [0.5, 0.6) is 0 Å². The van der Waals surface area contributed by atoms with Crippen molar-refractivity contribution < 1.29 is 13.2 Å². The standard InChI is InChI=1S/C19H20Cl2N2O3S/c1-22(13-14-6-2-3-7-17(14)20)19(24)16-12-15(8-9-18(16)21)27(25,26)23-10-4-5-11-23/h2-3,6-9,12H,4-5,10-11,13H2,1H3. The Morgan fingerprint density at radius 2 is 1.74 bits per heavy atom. The van der Waals surface area contributed by atoms with E-state index in [2.05, 4.69) is 0 Å². The molecule has 144 valence electrons. The van der Waals surface area contributed by atoms with Crippen molar-refractivity contribution in [3.63, 3.8) is 0 Å². The molecule has 1 heterocycles. The van der Waals surface area contributed by atoms with Crippen LogP contribution in [0.25, 0.3) is 0 Å².